The summed E-state index contributed by atoms with van der Waals surface area (Å²) in [6.07, 6.45) is -0.917. The zero-order valence-corrected chi connectivity index (χ0v) is 14.0. The van der Waals surface area contributed by atoms with Gasteiger partial charge in [-0.05, 0) is 32.0 Å². The molecule has 1 fully saturated rings. The lowest BCUT2D eigenvalue weighted by molar-refractivity contribution is 0.295. The highest BCUT2D eigenvalue weighted by Crippen LogP contribution is 2.25. The Morgan fingerprint density at radius 1 is 1.26 bits per heavy atom. The van der Waals surface area contributed by atoms with Crippen LogP contribution in [0.25, 0.3) is 11.0 Å². The van der Waals surface area contributed by atoms with E-state index in [1.165, 1.54) is 0 Å². The van der Waals surface area contributed by atoms with Gasteiger partial charge in [0.1, 0.15) is 12.0 Å². The van der Waals surface area contributed by atoms with Crippen molar-refractivity contribution in [3.8, 4) is 0 Å². The first-order valence-corrected chi connectivity index (χ1v) is 7.98. The number of alkyl halides is 1. The number of rotatable bonds is 4. The van der Waals surface area contributed by atoms with Gasteiger partial charge < -0.3 is 10.6 Å². The van der Waals surface area contributed by atoms with Crippen molar-refractivity contribution < 1.29 is 4.39 Å². The molecule has 3 heterocycles. The van der Waals surface area contributed by atoms with Gasteiger partial charge in [0, 0.05) is 25.8 Å². The van der Waals surface area contributed by atoms with Crippen molar-refractivity contribution in [1.29, 1.82) is 0 Å². The molecule has 23 heavy (non-hydrogen) atoms. The molecule has 124 valence electrons. The first kappa shape index (κ1) is 15.9. The van der Waals surface area contributed by atoms with Crippen LogP contribution >= 0.6 is 0 Å². The minimum absolute atomic E-state index is 0.289. The number of likely N-dealkylation sites (N-methyl/N-ethyl adjacent to an activating group) is 1. The van der Waals surface area contributed by atoms with Gasteiger partial charge in [-0.15, -0.1) is 0 Å². The Kier molecular flexibility index (Phi) is 4.30. The van der Waals surface area contributed by atoms with Crippen molar-refractivity contribution in [2.75, 3.05) is 37.3 Å². The maximum atomic E-state index is 14.1. The van der Waals surface area contributed by atoms with Crippen LogP contribution in [0.4, 0.5) is 16.2 Å². The number of aryl methyl sites for hydroxylation is 2. The highest BCUT2D eigenvalue weighted by atomic mass is 19.1. The van der Waals surface area contributed by atoms with Crippen LogP contribution in [0.2, 0.25) is 0 Å². The number of halogens is 1. The summed E-state index contributed by atoms with van der Waals surface area (Å²) in [5, 5.41) is 7.14. The Bertz CT molecular complexity index is 719. The van der Waals surface area contributed by atoms with Crippen LogP contribution in [0, 0.1) is 13.8 Å². The minimum atomic E-state index is -0.917. The number of aromatic nitrogens is 3. The van der Waals surface area contributed by atoms with Gasteiger partial charge in [-0.3, -0.25) is 4.90 Å². The maximum Gasteiger partial charge on any atom is 0.227 e. The number of hydrogen-bond acceptors (Lipinski definition) is 6. The number of fused-ring (bicyclic) bond motifs is 1. The third kappa shape index (κ3) is 3.06. The Morgan fingerprint density at radius 2 is 2.04 bits per heavy atom. The smallest absolute Gasteiger partial charge is 0.227 e. The molecule has 0 radical (unpaired) electrons. The Hall–Kier alpha value is -2.02. The van der Waals surface area contributed by atoms with Crippen LogP contribution in [0.5, 0.6) is 0 Å². The highest BCUT2D eigenvalue weighted by molar-refractivity contribution is 5.90. The predicted molar refractivity (Wildman–Crippen MR) is 90.8 cm³/mol. The van der Waals surface area contributed by atoms with Crippen molar-refractivity contribution in [1.82, 2.24) is 19.9 Å². The lowest BCUT2D eigenvalue weighted by Crippen LogP contribution is -2.30. The van der Waals surface area contributed by atoms with Gasteiger partial charge in [0.05, 0.1) is 11.4 Å². The number of anilines is 2. The van der Waals surface area contributed by atoms with Crippen LogP contribution in [-0.2, 0) is 0 Å². The standard InChI is InChI=1S/C16H23FN6/c1-5-23-7-11(17)12(8-23)20-16-21-14(18-4)13-9(2)6-10(3)19-15(13)22-16/h6,11-12H,5,7-8H2,1-4H3,(H2,18,19,20,21,22). The highest BCUT2D eigenvalue weighted by Gasteiger charge is 2.32. The molecule has 7 heteroatoms. The molecule has 1 aliphatic heterocycles. The summed E-state index contributed by atoms with van der Waals surface area (Å²) in [6.45, 7) is 7.96. The van der Waals surface area contributed by atoms with E-state index in [0.29, 0.717) is 30.5 Å². The Morgan fingerprint density at radius 3 is 2.70 bits per heavy atom. The molecule has 0 amide bonds. The molecule has 1 saturated heterocycles. The summed E-state index contributed by atoms with van der Waals surface area (Å²) in [5.74, 6) is 1.13. The summed E-state index contributed by atoms with van der Waals surface area (Å²) in [4.78, 5) is 15.6. The topological polar surface area (TPSA) is 66.0 Å². The fourth-order valence-corrected chi connectivity index (χ4v) is 3.12. The van der Waals surface area contributed by atoms with Gasteiger partial charge in [-0.1, -0.05) is 6.92 Å². The number of nitrogens with one attached hydrogen (secondary N) is 2. The van der Waals surface area contributed by atoms with Crippen molar-refractivity contribution in [2.24, 2.45) is 0 Å². The molecule has 2 aromatic heterocycles. The summed E-state index contributed by atoms with van der Waals surface area (Å²) in [5.41, 5.74) is 2.61. The molecular formula is C16H23FN6. The van der Waals surface area contributed by atoms with Gasteiger partial charge >= 0.3 is 0 Å². The lowest BCUT2D eigenvalue weighted by atomic mass is 10.1. The monoisotopic (exact) mass is 318 g/mol. The molecule has 2 N–H and O–H groups in total. The van der Waals surface area contributed by atoms with Gasteiger partial charge in [-0.2, -0.15) is 9.97 Å². The molecule has 0 aromatic carbocycles. The predicted octanol–water partition coefficient (Wildman–Crippen LogP) is 2.14. The fraction of sp³-hybridized carbons (Fsp3) is 0.562. The average Bonchev–Trinajstić information content (AvgIpc) is 2.86. The second kappa shape index (κ2) is 6.23. The quantitative estimate of drug-likeness (QED) is 0.900. The molecule has 3 rings (SSSR count). The van der Waals surface area contributed by atoms with Crippen molar-refractivity contribution in [3.63, 3.8) is 0 Å². The van der Waals surface area contributed by atoms with Crippen molar-refractivity contribution in [3.05, 3.63) is 17.3 Å². The fourth-order valence-electron chi connectivity index (χ4n) is 3.12. The third-order valence-electron chi connectivity index (χ3n) is 4.31. The normalized spacial score (nSPS) is 21.8. The molecule has 2 aromatic rings. The average molecular weight is 318 g/mol. The van der Waals surface area contributed by atoms with E-state index in [0.717, 1.165) is 23.2 Å². The first-order valence-electron chi connectivity index (χ1n) is 7.98. The van der Waals surface area contributed by atoms with E-state index >= 15 is 0 Å². The number of hydrogen-bond donors (Lipinski definition) is 2. The van der Waals surface area contributed by atoms with Gasteiger partial charge in [-0.25, -0.2) is 9.37 Å². The van der Waals surface area contributed by atoms with Crippen LogP contribution in [0.1, 0.15) is 18.2 Å². The van der Waals surface area contributed by atoms with Crippen LogP contribution in [-0.4, -0.2) is 58.7 Å². The summed E-state index contributed by atoms with van der Waals surface area (Å²) in [7, 11) is 1.82. The number of nitrogens with zero attached hydrogens (tertiary/aromatic N) is 4. The van der Waals surface area contributed by atoms with Gasteiger partial charge in [0.2, 0.25) is 5.95 Å². The SMILES string of the molecule is CCN1CC(F)C(Nc2nc(NC)c3c(C)cc(C)nc3n2)C1. The summed E-state index contributed by atoms with van der Waals surface area (Å²) in [6, 6.07) is 1.72. The van der Waals surface area contributed by atoms with Crippen LogP contribution in [0.3, 0.4) is 0 Å². The van der Waals surface area contributed by atoms with Gasteiger partial charge in [0.15, 0.2) is 5.65 Å². The minimum Gasteiger partial charge on any atom is -0.372 e. The second-order valence-electron chi connectivity index (χ2n) is 6.04. The number of likely N-dealkylation sites (tertiary alicyclic amines) is 1. The molecule has 0 spiro atoms. The third-order valence-corrected chi connectivity index (χ3v) is 4.31. The van der Waals surface area contributed by atoms with E-state index in [1.807, 2.05) is 33.9 Å². The lowest BCUT2D eigenvalue weighted by Gasteiger charge is -2.16. The maximum absolute atomic E-state index is 14.1. The zero-order chi connectivity index (χ0) is 16.6. The summed E-state index contributed by atoms with van der Waals surface area (Å²) < 4.78 is 14.1. The largest absolute Gasteiger partial charge is 0.372 e. The van der Waals surface area contributed by atoms with E-state index in [9.17, 15) is 4.39 Å². The van der Waals surface area contributed by atoms with E-state index in [4.69, 9.17) is 0 Å². The van der Waals surface area contributed by atoms with Crippen molar-refractivity contribution >= 4 is 22.8 Å². The molecule has 0 saturated carbocycles. The molecule has 1 aliphatic rings. The Labute approximate surface area is 135 Å². The van der Waals surface area contributed by atoms with E-state index in [2.05, 4.69) is 30.5 Å². The molecule has 0 aliphatic carbocycles. The van der Waals surface area contributed by atoms with E-state index in [-0.39, 0.29) is 6.04 Å². The first-order chi connectivity index (χ1) is 11.0. The second-order valence-corrected chi connectivity index (χ2v) is 6.04. The molecule has 2 atom stereocenters. The Balaban J connectivity index is 1.96. The van der Waals surface area contributed by atoms with Crippen molar-refractivity contribution in [2.45, 2.75) is 33.0 Å². The summed E-state index contributed by atoms with van der Waals surface area (Å²) >= 11 is 0. The van der Waals surface area contributed by atoms with Gasteiger partial charge in [0.25, 0.3) is 0 Å². The van der Waals surface area contributed by atoms with Crippen LogP contribution < -0.4 is 10.6 Å². The molecule has 0 bridgehead atoms. The zero-order valence-electron chi connectivity index (χ0n) is 14.0. The number of pyridine rings is 1. The van der Waals surface area contributed by atoms with Crippen LogP contribution in [0.15, 0.2) is 6.07 Å². The molecular weight excluding hydrogens is 295 g/mol. The van der Waals surface area contributed by atoms with E-state index in [1.54, 1.807) is 0 Å². The molecule has 2 unspecified atom stereocenters. The molecule has 6 nitrogen and oxygen atoms in total. The van der Waals surface area contributed by atoms with E-state index < -0.39 is 6.17 Å².